The van der Waals surface area contributed by atoms with Gasteiger partial charge in [0.25, 0.3) is 0 Å². The van der Waals surface area contributed by atoms with E-state index in [-0.39, 0.29) is 18.0 Å². The van der Waals surface area contributed by atoms with Crippen LogP contribution in [0.4, 0.5) is 5.69 Å². The van der Waals surface area contributed by atoms with Crippen LogP contribution in [-0.4, -0.2) is 62.2 Å². The van der Waals surface area contributed by atoms with Crippen LogP contribution in [0.15, 0.2) is 30.0 Å². The van der Waals surface area contributed by atoms with Crippen molar-refractivity contribution in [1.82, 2.24) is 19.6 Å². The number of hydrogen-bond acceptors (Lipinski definition) is 7. The Hall–Kier alpha value is -2.18. The van der Waals surface area contributed by atoms with Crippen LogP contribution >= 0.6 is 0 Å². The number of aromatic nitrogens is 2. The zero-order chi connectivity index (χ0) is 26.1. The van der Waals surface area contributed by atoms with Gasteiger partial charge in [-0.1, -0.05) is 20.8 Å². The predicted molar refractivity (Wildman–Crippen MR) is 142 cm³/mol. The van der Waals surface area contributed by atoms with Gasteiger partial charge < -0.3 is 20.1 Å². The van der Waals surface area contributed by atoms with E-state index >= 15 is 0 Å². The Labute approximate surface area is 214 Å². The molecule has 11 heteroatoms. The van der Waals surface area contributed by atoms with Gasteiger partial charge in [0.2, 0.25) is 0 Å². The summed E-state index contributed by atoms with van der Waals surface area (Å²) in [4.78, 5) is 4.94. The Morgan fingerprint density at radius 2 is 2.00 bits per heavy atom. The van der Waals surface area contributed by atoms with Gasteiger partial charge in [0, 0.05) is 56.6 Å². The maximum Gasteiger partial charge on any atom is 0.323 e. The molecule has 1 aromatic carbocycles. The number of hydrogen-bond donors (Lipinski definition) is 4. The molecule has 1 atom stereocenters. The van der Waals surface area contributed by atoms with Gasteiger partial charge in [0.05, 0.1) is 16.7 Å². The van der Waals surface area contributed by atoms with Gasteiger partial charge in [0.15, 0.2) is 0 Å². The molecule has 1 unspecified atom stereocenters. The van der Waals surface area contributed by atoms with Gasteiger partial charge in [-0.25, -0.2) is 4.98 Å². The number of anilines is 1. The highest BCUT2D eigenvalue weighted by Crippen LogP contribution is 2.31. The molecule has 2 aliphatic rings. The van der Waals surface area contributed by atoms with E-state index in [0.717, 1.165) is 62.3 Å². The minimum Gasteiger partial charge on any atom is -0.381 e. The number of nitrogens with two attached hydrogens (primary N) is 1. The first-order valence-electron chi connectivity index (χ1n) is 12.7. The molecule has 200 valence electrons. The number of aliphatic hydroxyl groups excluding tert-OH is 1. The molecule has 0 radical (unpaired) electrons. The van der Waals surface area contributed by atoms with Crippen LogP contribution in [0, 0.1) is 5.92 Å². The Kier molecular flexibility index (Phi) is 7.96. The van der Waals surface area contributed by atoms with Gasteiger partial charge in [-0.05, 0) is 49.8 Å². The van der Waals surface area contributed by atoms with Crippen LogP contribution in [0.2, 0.25) is 0 Å². The second-order valence-electron chi connectivity index (χ2n) is 10.9. The Balaban J connectivity index is 1.57. The second-order valence-corrected chi connectivity index (χ2v) is 12.6. The van der Waals surface area contributed by atoms with Crippen molar-refractivity contribution in [2.75, 3.05) is 31.1 Å². The van der Waals surface area contributed by atoms with Crippen LogP contribution in [0.5, 0.6) is 0 Å². The topological polar surface area (TPSA) is 135 Å². The third kappa shape index (κ3) is 6.20. The van der Waals surface area contributed by atoms with Crippen molar-refractivity contribution in [3.8, 4) is 0 Å². The summed E-state index contributed by atoms with van der Waals surface area (Å²) in [6.07, 6.45) is 4.32. The summed E-state index contributed by atoms with van der Waals surface area (Å²) in [5.74, 6) is 1.51. The second kappa shape index (κ2) is 10.7. The first kappa shape index (κ1) is 26.9. The minimum atomic E-state index is -3.92. The molecule has 10 nitrogen and oxygen atoms in total. The molecule has 36 heavy (non-hydrogen) atoms. The summed E-state index contributed by atoms with van der Waals surface area (Å²) in [6.45, 7) is 8.90. The molecule has 4 rings (SSSR count). The zero-order valence-corrected chi connectivity index (χ0v) is 22.5. The summed E-state index contributed by atoms with van der Waals surface area (Å²) < 4.78 is 37.5. The van der Waals surface area contributed by atoms with E-state index in [0.29, 0.717) is 17.2 Å². The summed E-state index contributed by atoms with van der Waals surface area (Å²) in [5, 5.41) is 13.3. The maximum absolute atomic E-state index is 13.0. The highest BCUT2D eigenvalue weighted by molar-refractivity contribution is 7.91. The van der Waals surface area contributed by atoms with Crippen molar-refractivity contribution in [3.63, 3.8) is 0 Å². The van der Waals surface area contributed by atoms with Gasteiger partial charge in [-0.3, -0.25) is 14.3 Å². The van der Waals surface area contributed by atoms with E-state index in [1.807, 2.05) is 6.07 Å². The summed E-state index contributed by atoms with van der Waals surface area (Å²) in [5.41, 5.74) is 8.18. The highest BCUT2D eigenvalue weighted by Gasteiger charge is 2.27. The molecule has 1 aliphatic heterocycles. The number of nitrogens with zero attached hydrogens (tertiary/aromatic N) is 3. The van der Waals surface area contributed by atoms with Crippen molar-refractivity contribution in [2.24, 2.45) is 11.7 Å². The molecule has 2 aromatic rings. The molecule has 1 aromatic heterocycles. The number of imidazole rings is 1. The largest absolute Gasteiger partial charge is 0.381 e. The van der Waals surface area contributed by atoms with Crippen molar-refractivity contribution in [2.45, 2.75) is 70.7 Å². The molecule has 1 saturated heterocycles. The van der Waals surface area contributed by atoms with Crippen LogP contribution < -0.4 is 20.1 Å². The van der Waals surface area contributed by atoms with Gasteiger partial charge in [-0.15, -0.1) is 0 Å². The van der Waals surface area contributed by atoms with E-state index in [9.17, 15) is 13.5 Å². The first-order valence-corrected chi connectivity index (χ1v) is 14.1. The Bertz CT molecular complexity index is 1190. The van der Waals surface area contributed by atoms with E-state index in [2.05, 4.69) is 35.4 Å². The normalized spacial score (nSPS) is 19.0. The quantitative estimate of drug-likeness (QED) is 0.352. The van der Waals surface area contributed by atoms with Gasteiger partial charge in [-0.2, -0.15) is 8.42 Å². The molecular weight excluding hydrogens is 480 g/mol. The molecular formula is C25H40N6O4S. The Morgan fingerprint density at radius 3 is 2.61 bits per heavy atom. The average molecular weight is 521 g/mol. The molecule has 0 bridgehead atoms. The fraction of sp³-hybridized carbons (Fsp3) is 0.640. The van der Waals surface area contributed by atoms with Crippen LogP contribution in [0.1, 0.15) is 52.3 Å². The molecule has 1 saturated carbocycles. The fourth-order valence-corrected chi connectivity index (χ4v) is 5.31. The van der Waals surface area contributed by atoms with Crippen molar-refractivity contribution >= 4 is 26.9 Å². The van der Waals surface area contributed by atoms with Gasteiger partial charge in [0.1, 0.15) is 12.1 Å². The number of ether oxygens (including phenoxy) is 1. The van der Waals surface area contributed by atoms with E-state index in [1.165, 1.54) is 17.6 Å². The highest BCUT2D eigenvalue weighted by atomic mass is 32.2. The molecule has 2 heterocycles. The monoisotopic (exact) mass is 520 g/mol. The van der Waals surface area contributed by atoms with Crippen molar-refractivity contribution < 1.29 is 18.3 Å². The SMILES string of the molecule is CN(c1ccc2c(c1)nc(C(C)(C)C)n2CC1CCOCC1)S(=O)(=O)NC=C(CN)C(O)NC1CC1. The fourth-order valence-electron chi connectivity index (χ4n) is 4.46. The lowest BCUT2D eigenvalue weighted by molar-refractivity contribution is 0.0611. The average Bonchev–Trinajstić information content (AvgIpc) is 3.57. The number of rotatable bonds is 10. The molecule has 0 spiro atoms. The first-order chi connectivity index (χ1) is 17.0. The lowest BCUT2D eigenvalue weighted by atomic mass is 9.94. The third-order valence-corrected chi connectivity index (χ3v) is 8.21. The smallest absolute Gasteiger partial charge is 0.323 e. The number of benzene rings is 1. The number of nitrogens with one attached hydrogen (secondary N) is 2. The van der Waals surface area contributed by atoms with E-state index < -0.39 is 16.4 Å². The maximum atomic E-state index is 13.0. The van der Waals surface area contributed by atoms with Gasteiger partial charge >= 0.3 is 10.2 Å². The van der Waals surface area contributed by atoms with Crippen molar-refractivity contribution in [1.29, 1.82) is 0 Å². The number of fused-ring (bicyclic) bond motifs is 1. The Morgan fingerprint density at radius 1 is 1.31 bits per heavy atom. The summed E-state index contributed by atoms with van der Waals surface area (Å²) in [7, 11) is -2.44. The summed E-state index contributed by atoms with van der Waals surface area (Å²) >= 11 is 0. The third-order valence-electron chi connectivity index (χ3n) is 6.86. The molecule has 0 amide bonds. The predicted octanol–water partition coefficient (Wildman–Crippen LogP) is 1.94. The lowest BCUT2D eigenvalue weighted by Gasteiger charge is -2.26. The number of aliphatic hydroxyl groups is 1. The van der Waals surface area contributed by atoms with Crippen LogP contribution in [0.3, 0.4) is 0 Å². The molecule has 1 aliphatic carbocycles. The molecule has 5 N–H and O–H groups in total. The van der Waals surface area contributed by atoms with Crippen LogP contribution in [0.25, 0.3) is 11.0 Å². The zero-order valence-electron chi connectivity index (χ0n) is 21.7. The minimum absolute atomic E-state index is 0.0270. The summed E-state index contributed by atoms with van der Waals surface area (Å²) in [6, 6.07) is 5.81. The van der Waals surface area contributed by atoms with Crippen LogP contribution in [-0.2, 0) is 26.9 Å². The van der Waals surface area contributed by atoms with E-state index in [4.69, 9.17) is 15.5 Å². The lowest BCUT2D eigenvalue weighted by Crippen LogP contribution is -2.39. The van der Waals surface area contributed by atoms with Crippen molar-refractivity contribution in [3.05, 3.63) is 35.8 Å². The standard InChI is InChI=1S/C25H40N6O4S/c1-25(2,3)24-29-21-13-20(7-8-22(21)31(24)16-17-9-11-35-12-10-17)30(4)36(33,34)27-15-18(14-26)23(32)28-19-5-6-19/h7-8,13,15,17,19,23,27-28,32H,5-6,9-12,14,16,26H2,1-4H3. The molecule has 2 fully saturated rings. The van der Waals surface area contributed by atoms with E-state index in [1.54, 1.807) is 12.1 Å².